The summed E-state index contributed by atoms with van der Waals surface area (Å²) in [4.78, 5) is 0. The molecule has 0 radical (unpaired) electrons. The Morgan fingerprint density at radius 2 is 1.74 bits per heavy atom. The van der Waals surface area contributed by atoms with E-state index >= 15 is 0 Å². The van der Waals surface area contributed by atoms with Gasteiger partial charge in [-0.15, -0.1) is 0 Å². The van der Waals surface area contributed by atoms with Gasteiger partial charge in [-0.25, -0.2) is 0 Å². The number of hydrogen-bond acceptors (Lipinski definition) is 3. The Hall–Kier alpha value is -0.930. The van der Waals surface area contributed by atoms with Crippen molar-refractivity contribution in [3.05, 3.63) is 21.7 Å². The zero-order chi connectivity index (χ0) is 14.0. The van der Waals surface area contributed by atoms with Crippen LogP contribution in [0.4, 0.5) is 0 Å². The van der Waals surface area contributed by atoms with Gasteiger partial charge in [0.05, 0.1) is 19.2 Å². The quantitative estimate of drug-likeness (QED) is 0.915. The molecule has 0 aromatic heterocycles. The first kappa shape index (κ1) is 14.5. The fraction of sp³-hybridized carbons (Fsp3) is 0.600. The molecule has 1 N–H and O–H groups in total. The number of hydrogen-bond donors (Lipinski definition) is 1. The van der Waals surface area contributed by atoms with Crippen molar-refractivity contribution in [3.8, 4) is 11.5 Å². The molecular formula is C15H22ClNO2. The number of ether oxygens (including phenoxy) is 2. The molecule has 4 heteroatoms. The minimum atomic E-state index is 0.327. The van der Waals surface area contributed by atoms with Crippen molar-refractivity contribution in [2.45, 2.75) is 39.2 Å². The molecule has 1 fully saturated rings. The van der Waals surface area contributed by atoms with Crippen molar-refractivity contribution in [1.29, 1.82) is 0 Å². The van der Waals surface area contributed by atoms with Crippen molar-refractivity contribution < 1.29 is 9.47 Å². The summed E-state index contributed by atoms with van der Waals surface area (Å²) in [6.07, 6.45) is 3.60. The molecule has 0 aliphatic carbocycles. The Morgan fingerprint density at radius 3 is 2.26 bits per heavy atom. The van der Waals surface area contributed by atoms with Crippen LogP contribution in [0, 0.1) is 13.8 Å². The molecule has 1 aromatic carbocycles. The number of rotatable bonds is 3. The SMILES string of the molecule is COc1c(C)c(C2CCCCN2)c(OC)c(C)c1Cl. The van der Waals surface area contributed by atoms with Gasteiger partial charge in [-0.2, -0.15) is 0 Å². The maximum absolute atomic E-state index is 6.37. The highest BCUT2D eigenvalue weighted by Gasteiger charge is 2.26. The van der Waals surface area contributed by atoms with Gasteiger partial charge in [-0.1, -0.05) is 18.0 Å². The second-order valence-electron chi connectivity index (χ2n) is 5.05. The van der Waals surface area contributed by atoms with Crippen LogP contribution < -0.4 is 14.8 Å². The summed E-state index contributed by atoms with van der Waals surface area (Å²) in [6, 6.07) is 0.327. The van der Waals surface area contributed by atoms with Crippen LogP contribution in [-0.2, 0) is 0 Å². The van der Waals surface area contributed by atoms with Crippen LogP contribution in [-0.4, -0.2) is 20.8 Å². The summed E-state index contributed by atoms with van der Waals surface area (Å²) in [6.45, 7) is 5.09. The average molecular weight is 284 g/mol. The molecule has 19 heavy (non-hydrogen) atoms. The molecule has 2 rings (SSSR count). The zero-order valence-corrected chi connectivity index (χ0v) is 12.9. The number of benzene rings is 1. The zero-order valence-electron chi connectivity index (χ0n) is 12.1. The lowest BCUT2D eigenvalue weighted by Crippen LogP contribution is -2.28. The van der Waals surface area contributed by atoms with E-state index in [0.29, 0.717) is 11.1 Å². The molecule has 106 valence electrons. The normalized spacial score (nSPS) is 19.3. The van der Waals surface area contributed by atoms with E-state index in [1.165, 1.54) is 18.4 Å². The lowest BCUT2D eigenvalue weighted by molar-refractivity contribution is 0.363. The second kappa shape index (κ2) is 6.02. The van der Waals surface area contributed by atoms with E-state index in [-0.39, 0.29) is 0 Å². The summed E-state index contributed by atoms with van der Waals surface area (Å²) in [5, 5.41) is 4.22. The molecular weight excluding hydrogens is 262 g/mol. The summed E-state index contributed by atoms with van der Waals surface area (Å²) in [5.74, 6) is 1.66. The van der Waals surface area contributed by atoms with Crippen LogP contribution in [0.1, 0.15) is 42.0 Å². The van der Waals surface area contributed by atoms with Gasteiger partial charge in [0.25, 0.3) is 0 Å². The predicted octanol–water partition coefficient (Wildman–Crippen LogP) is 3.79. The first-order chi connectivity index (χ1) is 9.11. The molecule has 0 saturated carbocycles. The number of piperidine rings is 1. The molecule has 1 heterocycles. The van der Waals surface area contributed by atoms with Gasteiger partial charge in [-0.05, 0) is 33.2 Å². The smallest absolute Gasteiger partial charge is 0.141 e. The van der Waals surface area contributed by atoms with E-state index in [2.05, 4.69) is 12.2 Å². The molecule has 3 nitrogen and oxygen atoms in total. The topological polar surface area (TPSA) is 30.5 Å². The van der Waals surface area contributed by atoms with E-state index < -0.39 is 0 Å². The van der Waals surface area contributed by atoms with Gasteiger partial charge >= 0.3 is 0 Å². The van der Waals surface area contributed by atoms with Crippen LogP contribution in [0.5, 0.6) is 11.5 Å². The van der Waals surface area contributed by atoms with E-state index in [9.17, 15) is 0 Å². The standard InChI is InChI=1S/C15H22ClNO2/c1-9-12(11-7-5-6-8-17-11)14(18-3)10(2)13(16)15(9)19-4/h11,17H,5-8H2,1-4H3. The third-order valence-electron chi connectivity index (χ3n) is 3.93. The highest BCUT2D eigenvalue weighted by atomic mass is 35.5. The summed E-state index contributed by atoms with van der Waals surface area (Å²) < 4.78 is 11.1. The van der Waals surface area contributed by atoms with E-state index in [4.69, 9.17) is 21.1 Å². The lowest BCUT2D eigenvalue weighted by atomic mass is 9.91. The molecule has 1 unspecified atom stereocenters. The van der Waals surface area contributed by atoms with Crippen molar-refractivity contribution in [1.82, 2.24) is 5.32 Å². The van der Waals surface area contributed by atoms with Gasteiger partial charge in [-0.3, -0.25) is 0 Å². The summed E-state index contributed by atoms with van der Waals surface area (Å²) in [7, 11) is 3.37. The number of methoxy groups -OCH3 is 2. The van der Waals surface area contributed by atoms with Gasteiger partial charge < -0.3 is 14.8 Å². The minimum absolute atomic E-state index is 0.327. The van der Waals surface area contributed by atoms with Crippen LogP contribution in [0.2, 0.25) is 5.02 Å². The average Bonchev–Trinajstić information content (AvgIpc) is 2.44. The molecule has 1 atom stereocenters. The van der Waals surface area contributed by atoms with Crippen LogP contribution >= 0.6 is 11.6 Å². The molecule has 1 saturated heterocycles. The third-order valence-corrected chi connectivity index (χ3v) is 4.38. The van der Waals surface area contributed by atoms with Crippen molar-refractivity contribution in [2.24, 2.45) is 0 Å². The molecule has 0 amide bonds. The molecule has 1 aromatic rings. The maximum Gasteiger partial charge on any atom is 0.141 e. The first-order valence-corrected chi connectivity index (χ1v) is 7.13. The Labute approximate surface area is 120 Å². The van der Waals surface area contributed by atoms with Crippen LogP contribution in [0.15, 0.2) is 0 Å². The Kier molecular flexibility index (Phi) is 4.58. The summed E-state index contributed by atoms with van der Waals surface area (Å²) >= 11 is 6.37. The fourth-order valence-corrected chi connectivity index (χ4v) is 3.26. The van der Waals surface area contributed by atoms with E-state index in [1.807, 2.05) is 6.92 Å². The molecule has 1 aliphatic heterocycles. The van der Waals surface area contributed by atoms with Crippen molar-refractivity contribution in [2.75, 3.05) is 20.8 Å². The van der Waals surface area contributed by atoms with Crippen LogP contribution in [0.3, 0.4) is 0 Å². The molecule has 0 bridgehead atoms. The van der Waals surface area contributed by atoms with Crippen LogP contribution in [0.25, 0.3) is 0 Å². The van der Waals surface area contributed by atoms with Gasteiger partial charge in [0, 0.05) is 22.7 Å². The molecule has 1 aliphatic rings. The fourth-order valence-electron chi connectivity index (χ4n) is 2.95. The number of nitrogens with one attached hydrogen (secondary N) is 1. The van der Waals surface area contributed by atoms with Gasteiger partial charge in [0.2, 0.25) is 0 Å². The highest BCUT2D eigenvalue weighted by molar-refractivity contribution is 6.33. The lowest BCUT2D eigenvalue weighted by Gasteiger charge is -2.29. The van der Waals surface area contributed by atoms with Crippen molar-refractivity contribution >= 4 is 11.6 Å². The van der Waals surface area contributed by atoms with E-state index in [0.717, 1.165) is 35.6 Å². The second-order valence-corrected chi connectivity index (χ2v) is 5.42. The van der Waals surface area contributed by atoms with Crippen molar-refractivity contribution in [3.63, 3.8) is 0 Å². The summed E-state index contributed by atoms with van der Waals surface area (Å²) in [5.41, 5.74) is 3.23. The van der Waals surface area contributed by atoms with Gasteiger partial charge in [0.1, 0.15) is 11.5 Å². The Bertz CT molecular complexity index is 468. The predicted molar refractivity (Wildman–Crippen MR) is 78.6 cm³/mol. The van der Waals surface area contributed by atoms with E-state index in [1.54, 1.807) is 14.2 Å². The Balaban J connectivity index is 2.59. The largest absolute Gasteiger partial charge is 0.496 e. The monoisotopic (exact) mass is 283 g/mol. The van der Waals surface area contributed by atoms with Gasteiger partial charge in [0.15, 0.2) is 0 Å². The third kappa shape index (κ3) is 2.54. The Morgan fingerprint density at radius 1 is 1.05 bits per heavy atom. The minimum Gasteiger partial charge on any atom is -0.496 e. The number of halogens is 1. The maximum atomic E-state index is 6.37. The molecule has 0 spiro atoms. The highest BCUT2D eigenvalue weighted by Crippen LogP contribution is 2.44. The first-order valence-electron chi connectivity index (χ1n) is 6.75.